The zero-order chi connectivity index (χ0) is 25.9. The zero-order valence-corrected chi connectivity index (χ0v) is 21.4. The van der Waals surface area contributed by atoms with Gasteiger partial charge in [-0.05, 0) is 57.2 Å². The summed E-state index contributed by atoms with van der Waals surface area (Å²) in [5, 5.41) is 3.59. The highest BCUT2D eigenvalue weighted by Crippen LogP contribution is 2.47. The predicted octanol–water partition coefficient (Wildman–Crippen LogP) is 5.23. The molecule has 3 atom stereocenters. The summed E-state index contributed by atoms with van der Waals surface area (Å²) in [5.74, 6) is 1.37. The van der Waals surface area contributed by atoms with Crippen LogP contribution in [0.3, 0.4) is 0 Å². The Labute approximate surface area is 218 Å². The molecular formula is C27H26ClFN6O2. The number of piperidine rings is 1. The van der Waals surface area contributed by atoms with Crippen LogP contribution < -0.4 is 10.2 Å². The van der Waals surface area contributed by atoms with E-state index in [1.807, 2.05) is 37.5 Å². The molecule has 1 aliphatic heterocycles. The number of nitrogens with zero attached hydrogens (tertiary/aromatic N) is 5. The molecule has 1 unspecified atom stereocenters. The fraction of sp³-hybridized carbons (Fsp3) is 0.333. The summed E-state index contributed by atoms with van der Waals surface area (Å²) < 4.78 is 22.1. The molecule has 190 valence electrons. The van der Waals surface area contributed by atoms with Crippen LogP contribution in [-0.4, -0.2) is 50.3 Å². The Morgan fingerprint density at radius 3 is 2.46 bits per heavy atom. The van der Waals surface area contributed by atoms with E-state index in [-0.39, 0.29) is 18.0 Å². The van der Waals surface area contributed by atoms with E-state index in [4.69, 9.17) is 21.3 Å². The largest absolute Gasteiger partial charge is 0.444 e. The molecule has 8 nitrogen and oxygen atoms in total. The van der Waals surface area contributed by atoms with Crippen LogP contribution in [-0.2, 0) is 4.74 Å². The van der Waals surface area contributed by atoms with Gasteiger partial charge in [-0.25, -0.2) is 24.1 Å². The van der Waals surface area contributed by atoms with Gasteiger partial charge in [0.15, 0.2) is 17.0 Å². The Kier molecular flexibility index (Phi) is 5.56. The van der Waals surface area contributed by atoms with Gasteiger partial charge in [0.1, 0.15) is 23.6 Å². The van der Waals surface area contributed by atoms with Gasteiger partial charge in [0.25, 0.3) is 0 Å². The minimum absolute atomic E-state index is 0.0871. The number of halogens is 2. The molecule has 1 N–H and O–H groups in total. The maximum Gasteiger partial charge on any atom is 0.407 e. The van der Waals surface area contributed by atoms with Crippen LogP contribution in [0.4, 0.5) is 15.0 Å². The summed E-state index contributed by atoms with van der Waals surface area (Å²) in [6.45, 7) is 6.99. The van der Waals surface area contributed by atoms with Crippen molar-refractivity contribution in [2.75, 3.05) is 18.0 Å². The van der Waals surface area contributed by atoms with Gasteiger partial charge in [-0.2, -0.15) is 0 Å². The van der Waals surface area contributed by atoms with Gasteiger partial charge < -0.3 is 15.0 Å². The molecule has 2 aliphatic rings. The normalized spacial score (nSPS) is 20.7. The molecule has 4 aromatic rings. The topological polar surface area (TPSA) is 85.2 Å². The molecule has 3 heterocycles. The van der Waals surface area contributed by atoms with Crippen molar-refractivity contribution < 1.29 is 13.9 Å². The third-order valence-electron chi connectivity index (χ3n) is 6.80. The van der Waals surface area contributed by atoms with E-state index < -0.39 is 5.60 Å². The lowest BCUT2D eigenvalue weighted by Crippen LogP contribution is -2.38. The first-order chi connectivity index (χ1) is 17.7. The lowest BCUT2D eigenvalue weighted by Gasteiger charge is -2.23. The number of benzene rings is 2. The average Bonchev–Trinajstić information content (AvgIpc) is 3.18. The Bertz CT molecular complexity index is 1490. The maximum absolute atomic E-state index is 14.9. The number of ether oxygens (including phenoxy) is 1. The van der Waals surface area contributed by atoms with Gasteiger partial charge in [-0.3, -0.25) is 4.57 Å². The third kappa shape index (κ3) is 4.37. The first kappa shape index (κ1) is 23.7. The van der Waals surface area contributed by atoms with Crippen LogP contribution in [0.1, 0.15) is 20.8 Å². The Hall–Kier alpha value is -3.72. The van der Waals surface area contributed by atoms with Crippen LogP contribution in [0.25, 0.3) is 28.2 Å². The van der Waals surface area contributed by atoms with Gasteiger partial charge in [0.05, 0.1) is 5.56 Å². The van der Waals surface area contributed by atoms with Crippen molar-refractivity contribution in [3.05, 3.63) is 65.7 Å². The standard InChI is InChI=1S/C27H26ClFN6O2/c1-27(2,3)37-26(36)33-21-18-12-34(13-19(18)21)24-22-25(31-14-30-24)35(16-10-8-15(28)9-11-16)23(32-22)17-6-4-5-7-20(17)29/h4-11,14,18-19,21H,12-13H2,1-3H3,(H,33,36)/t18-,19+,21?. The SMILES string of the molecule is CC(C)(C)OC(=O)NC1[C@H]2CN(c3ncnc4c3nc(-c3ccccc3F)n4-c3ccc(Cl)cc3)C[C@@H]12. The van der Waals surface area contributed by atoms with Gasteiger partial charge >= 0.3 is 6.09 Å². The summed E-state index contributed by atoms with van der Waals surface area (Å²) in [5.41, 5.74) is 1.77. The second kappa shape index (κ2) is 8.69. The summed E-state index contributed by atoms with van der Waals surface area (Å²) in [6, 6.07) is 13.9. The van der Waals surface area contributed by atoms with Crippen LogP contribution in [0, 0.1) is 17.7 Å². The lowest BCUT2D eigenvalue weighted by atomic mass is 10.2. The van der Waals surface area contributed by atoms with Crippen molar-refractivity contribution in [1.29, 1.82) is 0 Å². The maximum atomic E-state index is 14.9. The minimum atomic E-state index is -0.536. The molecule has 37 heavy (non-hydrogen) atoms. The number of rotatable bonds is 4. The first-order valence-corrected chi connectivity index (χ1v) is 12.6. The zero-order valence-electron chi connectivity index (χ0n) is 20.7. The van der Waals surface area contributed by atoms with Gasteiger partial charge in [-0.15, -0.1) is 0 Å². The fourth-order valence-corrected chi connectivity index (χ4v) is 5.25. The number of hydrogen-bond donors (Lipinski definition) is 1. The highest BCUT2D eigenvalue weighted by atomic mass is 35.5. The van der Waals surface area contributed by atoms with Gasteiger partial charge in [0.2, 0.25) is 0 Å². The molecule has 2 aromatic heterocycles. The highest BCUT2D eigenvalue weighted by molar-refractivity contribution is 6.30. The first-order valence-electron chi connectivity index (χ1n) is 12.2. The second-order valence-electron chi connectivity index (χ2n) is 10.5. The van der Waals surface area contributed by atoms with Crippen molar-refractivity contribution in [1.82, 2.24) is 24.8 Å². The molecule has 0 spiro atoms. The number of imidazole rings is 1. The van der Waals surface area contributed by atoms with E-state index in [0.717, 1.165) is 18.8 Å². The monoisotopic (exact) mass is 520 g/mol. The molecule has 0 bridgehead atoms. The fourth-order valence-electron chi connectivity index (χ4n) is 5.13. The molecule has 1 aliphatic carbocycles. The van der Waals surface area contributed by atoms with Crippen molar-refractivity contribution in [3.8, 4) is 17.1 Å². The molecule has 2 fully saturated rings. The van der Waals surface area contributed by atoms with Crippen LogP contribution in [0.2, 0.25) is 5.02 Å². The quantitative estimate of drug-likeness (QED) is 0.396. The van der Waals surface area contributed by atoms with E-state index in [9.17, 15) is 9.18 Å². The summed E-state index contributed by atoms with van der Waals surface area (Å²) >= 11 is 6.13. The molecule has 10 heteroatoms. The van der Waals surface area contributed by atoms with E-state index in [0.29, 0.717) is 45.2 Å². The van der Waals surface area contributed by atoms with Crippen molar-refractivity contribution in [2.24, 2.45) is 11.8 Å². The minimum Gasteiger partial charge on any atom is -0.444 e. The molecular weight excluding hydrogens is 495 g/mol. The van der Waals surface area contributed by atoms with Crippen molar-refractivity contribution in [3.63, 3.8) is 0 Å². The van der Waals surface area contributed by atoms with Gasteiger partial charge in [0, 0.05) is 41.7 Å². The van der Waals surface area contributed by atoms with Crippen LogP contribution in [0.5, 0.6) is 0 Å². The molecule has 1 saturated heterocycles. The lowest BCUT2D eigenvalue weighted by molar-refractivity contribution is 0.0518. The van der Waals surface area contributed by atoms with E-state index in [1.54, 1.807) is 30.3 Å². The third-order valence-corrected chi connectivity index (χ3v) is 7.05. The summed E-state index contributed by atoms with van der Waals surface area (Å²) in [7, 11) is 0. The van der Waals surface area contributed by atoms with Crippen LogP contribution >= 0.6 is 11.6 Å². The van der Waals surface area contributed by atoms with E-state index in [2.05, 4.69) is 20.2 Å². The highest BCUT2D eigenvalue weighted by Gasteiger charge is 2.57. The van der Waals surface area contributed by atoms with E-state index in [1.165, 1.54) is 12.4 Å². The number of fused-ring (bicyclic) bond motifs is 2. The van der Waals surface area contributed by atoms with Gasteiger partial charge in [-0.1, -0.05) is 23.7 Å². The number of amides is 1. The average molecular weight is 521 g/mol. The molecule has 6 rings (SSSR count). The predicted molar refractivity (Wildman–Crippen MR) is 139 cm³/mol. The summed E-state index contributed by atoms with van der Waals surface area (Å²) in [6.07, 6.45) is 1.12. The number of aromatic nitrogens is 4. The Morgan fingerprint density at radius 1 is 1.08 bits per heavy atom. The number of alkyl carbamates (subject to hydrolysis) is 1. The second-order valence-corrected chi connectivity index (χ2v) is 10.9. The molecule has 2 aromatic carbocycles. The Balaban J connectivity index is 1.34. The smallest absolute Gasteiger partial charge is 0.407 e. The number of hydrogen-bond acceptors (Lipinski definition) is 6. The number of anilines is 1. The van der Waals surface area contributed by atoms with Crippen molar-refractivity contribution >= 4 is 34.7 Å². The van der Waals surface area contributed by atoms with Crippen LogP contribution in [0.15, 0.2) is 54.9 Å². The number of nitrogens with one attached hydrogen (secondary N) is 1. The molecule has 1 saturated carbocycles. The van der Waals surface area contributed by atoms with Crippen molar-refractivity contribution in [2.45, 2.75) is 32.4 Å². The molecule has 0 radical (unpaired) electrons. The Morgan fingerprint density at radius 2 is 1.78 bits per heavy atom. The summed E-state index contributed by atoms with van der Waals surface area (Å²) in [4.78, 5) is 28.3. The number of carbonyl (C=O) groups is 1. The number of carbonyl (C=O) groups excluding carboxylic acids is 1. The van der Waals surface area contributed by atoms with E-state index >= 15 is 0 Å². The molecule has 1 amide bonds.